The van der Waals surface area contributed by atoms with Crippen molar-refractivity contribution in [3.8, 4) is 0 Å². The highest BCUT2D eigenvalue weighted by atomic mass is 19.1. The number of aromatic nitrogens is 5. The number of rotatable bonds is 3. The van der Waals surface area contributed by atoms with Crippen LogP contribution in [0.5, 0.6) is 0 Å². The van der Waals surface area contributed by atoms with Crippen molar-refractivity contribution in [3.63, 3.8) is 0 Å². The maximum atomic E-state index is 14.2. The highest BCUT2D eigenvalue weighted by Gasteiger charge is 2.24. The van der Waals surface area contributed by atoms with Crippen LogP contribution in [0.1, 0.15) is 18.5 Å². The molecule has 3 aromatic heterocycles. The summed E-state index contributed by atoms with van der Waals surface area (Å²) in [5.41, 5.74) is 1.67. The molecule has 3 aromatic rings. The topological polar surface area (TPSA) is 79.7 Å². The number of nitrogens with one attached hydrogen (secondary N) is 1. The third kappa shape index (κ3) is 2.88. The second-order valence-electron chi connectivity index (χ2n) is 6.44. The van der Waals surface area contributed by atoms with Crippen LogP contribution >= 0.6 is 0 Å². The van der Waals surface area contributed by atoms with E-state index in [0.29, 0.717) is 42.7 Å². The monoisotopic (exact) mass is 342 g/mol. The van der Waals surface area contributed by atoms with E-state index < -0.39 is 0 Å². The van der Waals surface area contributed by atoms with E-state index in [2.05, 4.69) is 19.9 Å². The van der Waals surface area contributed by atoms with E-state index in [4.69, 9.17) is 0 Å². The van der Waals surface area contributed by atoms with Crippen molar-refractivity contribution in [1.82, 2.24) is 24.5 Å². The number of aryl methyl sites for hydroxylation is 1. The molecule has 1 saturated heterocycles. The van der Waals surface area contributed by atoms with Gasteiger partial charge in [-0.15, -0.1) is 0 Å². The molecule has 7 nitrogen and oxygen atoms in total. The lowest BCUT2D eigenvalue weighted by Gasteiger charge is -2.33. The smallest absolute Gasteiger partial charge is 0.327 e. The van der Waals surface area contributed by atoms with Crippen LogP contribution in [0, 0.1) is 18.7 Å². The molecular weight excluding hydrogens is 323 g/mol. The van der Waals surface area contributed by atoms with Crippen LogP contribution in [-0.4, -0.2) is 37.6 Å². The van der Waals surface area contributed by atoms with E-state index >= 15 is 0 Å². The van der Waals surface area contributed by atoms with Crippen LogP contribution in [0.3, 0.4) is 0 Å². The highest BCUT2D eigenvalue weighted by molar-refractivity contribution is 5.69. The van der Waals surface area contributed by atoms with Gasteiger partial charge in [-0.1, -0.05) is 0 Å². The third-order valence-electron chi connectivity index (χ3n) is 4.83. The summed E-state index contributed by atoms with van der Waals surface area (Å²) < 4.78 is 15.9. The molecular formula is C17H19FN6O. The number of halogens is 1. The van der Waals surface area contributed by atoms with Gasteiger partial charge >= 0.3 is 5.69 Å². The summed E-state index contributed by atoms with van der Waals surface area (Å²) in [6.45, 7) is 3.68. The second kappa shape index (κ2) is 6.27. The fourth-order valence-corrected chi connectivity index (χ4v) is 3.41. The lowest BCUT2D eigenvalue weighted by Crippen LogP contribution is -2.37. The van der Waals surface area contributed by atoms with Gasteiger partial charge in [0.1, 0.15) is 6.33 Å². The Bertz CT molecular complexity index is 957. The average molecular weight is 342 g/mol. The van der Waals surface area contributed by atoms with E-state index in [-0.39, 0.29) is 11.5 Å². The number of imidazole rings is 1. The van der Waals surface area contributed by atoms with Gasteiger partial charge in [-0.3, -0.25) is 4.57 Å². The number of anilines is 1. The molecule has 1 aliphatic heterocycles. The summed E-state index contributed by atoms with van der Waals surface area (Å²) in [4.78, 5) is 29.2. The minimum absolute atomic E-state index is 0.131. The molecule has 0 aromatic carbocycles. The first kappa shape index (κ1) is 15.7. The van der Waals surface area contributed by atoms with Crippen molar-refractivity contribution in [1.29, 1.82) is 0 Å². The minimum Gasteiger partial charge on any atom is -0.354 e. The van der Waals surface area contributed by atoms with Crippen molar-refractivity contribution in [2.75, 3.05) is 18.0 Å². The summed E-state index contributed by atoms with van der Waals surface area (Å²) >= 11 is 0. The van der Waals surface area contributed by atoms with Crippen molar-refractivity contribution < 1.29 is 4.39 Å². The molecule has 1 fully saturated rings. The standard InChI is InChI=1S/C17H19FN6O/c1-11-14(18)16(21-10-20-11)23-7-4-12(5-8-23)9-24-15-13(22-17(24)25)3-2-6-19-15/h2-3,6,10,12H,4-5,7-9H2,1H3,(H,22,25). The first-order valence-electron chi connectivity index (χ1n) is 8.39. The fraction of sp³-hybridized carbons (Fsp3) is 0.412. The van der Waals surface area contributed by atoms with Gasteiger partial charge in [0.25, 0.3) is 0 Å². The average Bonchev–Trinajstić information content (AvgIpc) is 2.94. The molecule has 4 rings (SSSR count). The molecule has 0 spiro atoms. The third-order valence-corrected chi connectivity index (χ3v) is 4.83. The summed E-state index contributed by atoms with van der Waals surface area (Å²) in [5, 5.41) is 0. The van der Waals surface area contributed by atoms with Gasteiger partial charge in [-0.05, 0) is 37.8 Å². The molecule has 1 N–H and O–H groups in total. The molecule has 25 heavy (non-hydrogen) atoms. The van der Waals surface area contributed by atoms with E-state index in [9.17, 15) is 9.18 Å². The fourth-order valence-electron chi connectivity index (χ4n) is 3.41. The normalized spacial score (nSPS) is 15.8. The Morgan fingerprint density at radius 3 is 2.88 bits per heavy atom. The molecule has 4 heterocycles. The lowest BCUT2D eigenvalue weighted by molar-refractivity contribution is 0.353. The summed E-state index contributed by atoms with van der Waals surface area (Å²) in [5.74, 6) is 0.371. The van der Waals surface area contributed by atoms with Gasteiger partial charge in [0.2, 0.25) is 0 Å². The van der Waals surface area contributed by atoms with E-state index in [1.54, 1.807) is 23.8 Å². The summed E-state index contributed by atoms with van der Waals surface area (Å²) in [7, 11) is 0. The molecule has 0 unspecified atom stereocenters. The Morgan fingerprint density at radius 1 is 1.28 bits per heavy atom. The predicted octanol–water partition coefficient (Wildman–Crippen LogP) is 1.88. The lowest BCUT2D eigenvalue weighted by atomic mass is 9.96. The van der Waals surface area contributed by atoms with Gasteiger partial charge in [-0.25, -0.2) is 24.1 Å². The van der Waals surface area contributed by atoms with Crippen LogP contribution in [-0.2, 0) is 6.54 Å². The number of pyridine rings is 1. The Labute approximate surface area is 143 Å². The largest absolute Gasteiger partial charge is 0.354 e. The number of hydrogen-bond acceptors (Lipinski definition) is 5. The minimum atomic E-state index is -0.349. The van der Waals surface area contributed by atoms with Gasteiger partial charge in [0, 0.05) is 25.8 Å². The molecule has 0 amide bonds. The van der Waals surface area contributed by atoms with Crippen molar-refractivity contribution in [3.05, 3.63) is 46.7 Å². The van der Waals surface area contributed by atoms with E-state index in [1.807, 2.05) is 11.0 Å². The summed E-state index contributed by atoms with van der Waals surface area (Å²) in [6, 6.07) is 3.66. The molecule has 0 bridgehead atoms. The number of fused-ring (bicyclic) bond motifs is 1. The first-order valence-corrected chi connectivity index (χ1v) is 8.39. The predicted molar refractivity (Wildman–Crippen MR) is 92.0 cm³/mol. The van der Waals surface area contributed by atoms with Crippen LogP contribution in [0.4, 0.5) is 10.2 Å². The number of piperidine rings is 1. The molecule has 0 atom stereocenters. The van der Waals surface area contributed by atoms with Crippen LogP contribution in [0.15, 0.2) is 29.5 Å². The Hall–Kier alpha value is -2.77. The molecule has 0 radical (unpaired) electrons. The SMILES string of the molecule is Cc1ncnc(N2CCC(Cn3c(=O)[nH]c4cccnc43)CC2)c1F. The van der Waals surface area contributed by atoms with Gasteiger partial charge in [0.15, 0.2) is 17.3 Å². The zero-order valence-corrected chi connectivity index (χ0v) is 13.9. The Morgan fingerprint density at radius 2 is 2.08 bits per heavy atom. The van der Waals surface area contributed by atoms with Crippen LogP contribution in [0.2, 0.25) is 0 Å². The number of aromatic amines is 1. The molecule has 8 heteroatoms. The highest BCUT2D eigenvalue weighted by Crippen LogP contribution is 2.25. The molecule has 1 aliphatic rings. The van der Waals surface area contributed by atoms with Crippen molar-refractivity contribution >= 4 is 17.0 Å². The van der Waals surface area contributed by atoms with Crippen LogP contribution in [0.25, 0.3) is 11.2 Å². The summed E-state index contributed by atoms with van der Waals surface area (Å²) in [6.07, 6.45) is 4.83. The van der Waals surface area contributed by atoms with Gasteiger partial charge in [0.05, 0.1) is 11.2 Å². The maximum Gasteiger partial charge on any atom is 0.327 e. The molecule has 0 aliphatic carbocycles. The zero-order chi connectivity index (χ0) is 17.4. The number of nitrogens with zero attached hydrogens (tertiary/aromatic N) is 5. The Balaban J connectivity index is 1.48. The van der Waals surface area contributed by atoms with E-state index in [1.165, 1.54) is 6.33 Å². The quantitative estimate of drug-likeness (QED) is 0.786. The molecule has 130 valence electrons. The van der Waals surface area contributed by atoms with Gasteiger partial charge in [-0.2, -0.15) is 0 Å². The second-order valence-corrected chi connectivity index (χ2v) is 6.44. The van der Waals surface area contributed by atoms with Crippen molar-refractivity contribution in [2.45, 2.75) is 26.3 Å². The van der Waals surface area contributed by atoms with Crippen molar-refractivity contribution in [2.24, 2.45) is 5.92 Å². The Kier molecular flexibility index (Phi) is 3.95. The first-order chi connectivity index (χ1) is 12.1. The number of H-pyrrole nitrogens is 1. The maximum absolute atomic E-state index is 14.2. The van der Waals surface area contributed by atoms with Crippen LogP contribution < -0.4 is 10.6 Å². The number of hydrogen-bond donors (Lipinski definition) is 1. The van der Waals surface area contributed by atoms with E-state index in [0.717, 1.165) is 18.4 Å². The zero-order valence-electron chi connectivity index (χ0n) is 13.9. The molecule has 0 saturated carbocycles. The van der Waals surface area contributed by atoms with Gasteiger partial charge < -0.3 is 9.88 Å².